The van der Waals surface area contributed by atoms with Crippen molar-refractivity contribution in [3.63, 3.8) is 0 Å². The van der Waals surface area contributed by atoms with Crippen LogP contribution in [0.2, 0.25) is 0 Å². The van der Waals surface area contributed by atoms with Gasteiger partial charge in [0.2, 0.25) is 0 Å². The Hall–Kier alpha value is -2.01. The summed E-state index contributed by atoms with van der Waals surface area (Å²) in [5.41, 5.74) is 10.7. The van der Waals surface area contributed by atoms with Crippen molar-refractivity contribution in [3.8, 4) is 0 Å². The third-order valence-corrected chi connectivity index (χ3v) is 5.11. The molecule has 5 heteroatoms. The van der Waals surface area contributed by atoms with Crippen molar-refractivity contribution in [2.45, 2.75) is 32.6 Å². The summed E-state index contributed by atoms with van der Waals surface area (Å²) >= 11 is 0. The zero-order valence-electron chi connectivity index (χ0n) is 12.7. The summed E-state index contributed by atoms with van der Waals surface area (Å²) < 4.78 is 27.6. The summed E-state index contributed by atoms with van der Waals surface area (Å²) in [6.07, 6.45) is 0. The highest BCUT2D eigenvalue weighted by Crippen LogP contribution is 2.25. The van der Waals surface area contributed by atoms with E-state index in [9.17, 15) is 8.42 Å². The van der Waals surface area contributed by atoms with Crippen LogP contribution in [-0.2, 0) is 10.0 Å². The number of aryl methyl sites for hydroxylation is 4. The van der Waals surface area contributed by atoms with Crippen LogP contribution >= 0.6 is 0 Å². The summed E-state index contributed by atoms with van der Waals surface area (Å²) in [5, 5.41) is 0. The SMILES string of the molecule is Cc1ccc(NS(=O)(=O)c2cc(C)c(C)cc2N)cc1C. The van der Waals surface area contributed by atoms with Gasteiger partial charge in [0.25, 0.3) is 10.0 Å². The molecule has 0 radical (unpaired) electrons. The summed E-state index contributed by atoms with van der Waals surface area (Å²) in [4.78, 5) is 0.115. The quantitative estimate of drug-likeness (QED) is 0.855. The number of hydrogen-bond donors (Lipinski definition) is 2. The first-order valence-electron chi connectivity index (χ1n) is 6.67. The lowest BCUT2D eigenvalue weighted by molar-refractivity contribution is 0.601. The maximum Gasteiger partial charge on any atom is 0.263 e. The fourth-order valence-electron chi connectivity index (χ4n) is 2.06. The normalized spacial score (nSPS) is 11.4. The van der Waals surface area contributed by atoms with Crippen molar-refractivity contribution in [2.24, 2.45) is 0 Å². The van der Waals surface area contributed by atoms with E-state index in [1.807, 2.05) is 39.8 Å². The Labute approximate surface area is 126 Å². The summed E-state index contributed by atoms with van der Waals surface area (Å²) in [5.74, 6) is 0. The molecule has 0 fully saturated rings. The van der Waals surface area contributed by atoms with Crippen LogP contribution in [-0.4, -0.2) is 8.42 Å². The molecule has 0 aromatic heterocycles. The maximum absolute atomic E-state index is 12.5. The minimum Gasteiger partial charge on any atom is -0.398 e. The number of nitrogens with one attached hydrogen (secondary N) is 1. The van der Waals surface area contributed by atoms with Crippen LogP contribution in [0.5, 0.6) is 0 Å². The number of nitrogens with two attached hydrogens (primary N) is 1. The number of rotatable bonds is 3. The van der Waals surface area contributed by atoms with Crippen molar-refractivity contribution >= 4 is 21.4 Å². The number of benzene rings is 2. The molecule has 0 saturated carbocycles. The van der Waals surface area contributed by atoms with Crippen LogP contribution in [0.15, 0.2) is 35.2 Å². The van der Waals surface area contributed by atoms with Gasteiger partial charge in [0, 0.05) is 5.69 Å². The van der Waals surface area contributed by atoms with Crippen LogP contribution in [0.3, 0.4) is 0 Å². The monoisotopic (exact) mass is 304 g/mol. The molecule has 0 spiro atoms. The number of anilines is 2. The van der Waals surface area contributed by atoms with Crippen molar-refractivity contribution in [3.05, 3.63) is 52.6 Å². The minimum atomic E-state index is -3.69. The Bertz CT molecular complexity index is 796. The van der Waals surface area contributed by atoms with E-state index < -0.39 is 10.0 Å². The standard InChI is InChI=1S/C16H20N2O2S/c1-10-5-6-14(7-11(10)2)18-21(19,20)16-9-13(4)12(3)8-15(16)17/h5-9,18H,17H2,1-4H3. The van der Waals surface area contributed by atoms with Gasteiger partial charge in [-0.2, -0.15) is 0 Å². The first-order valence-corrected chi connectivity index (χ1v) is 8.16. The molecule has 0 heterocycles. The molecular formula is C16H20N2O2S. The van der Waals surface area contributed by atoms with Gasteiger partial charge in [-0.25, -0.2) is 8.42 Å². The smallest absolute Gasteiger partial charge is 0.263 e. The number of nitrogen functional groups attached to an aromatic ring is 1. The average Bonchev–Trinajstić information content (AvgIpc) is 2.37. The van der Waals surface area contributed by atoms with Crippen LogP contribution in [0.4, 0.5) is 11.4 Å². The maximum atomic E-state index is 12.5. The summed E-state index contributed by atoms with van der Waals surface area (Å²) in [6.45, 7) is 7.69. The van der Waals surface area contributed by atoms with E-state index in [1.54, 1.807) is 18.2 Å². The molecule has 0 atom stereocenters. The predicted octanol–water partition coefficient (Wildman–Crippen LogP) is 3.30. The fourth-order valence-corrected chi connectivity index (χ4v) is 3.31. The lowest BCUT2D eigenvalue weighted by Gasteiger charge is -2.13. The molecule has 0 saturated heterocycles. The first-order chi connectivity index (χ1) is 9.70. The van der Waals surface area contributed by atoms with Crippen LogP contribution < -0.4 is 10.5 Å². The Morgan fingerprint density at radius 1 is 0.857 bits per heavy atom. The van der Waals surface area contributed by atoms with Crippen molar-refractivity contribution in [1.82, 2.24) is 0 Å². The molecule has 4 nitrogen and oxygen atoms in total. The van der Waals surface area contributed by atoms with Crippen LogP contribution in [0, 0.1) is 27.7 Å². The van der Waals surface area contributed by atoms with Gasteiger partial charge in [0.1, 0.15) is 4.90 Å². The van der Waals surface area contributed by atoms with E-state index in [0.717, 1.165) is 22.3 Å². The van der Waals surface area contributed by atoms with Gasteiger partial charge < -0.3 is 5.73 Å². The Kier molecular flexibility index (Phi) is 3.96. The summed E-state index contributed by atoms with van der Waals surface area (Å²) in [6, 6.07) is 8.73. The second-order valence-electron chi connectivity index (χ2n) is 5.38. The number of sulfonamides is 1. The van der Waals surface area contributed by atoms with Crippen molar-refractivity contribution in [1.29, 1.82) is 0 Å². The van der Waals surface area contributed by atoms with Crippen LogP contribution in [0.1, 0.15) is 22.3 Å². The van der Waals surface area contributed by atoms with Gasteiger partial charge in [-0.05, 0) is 74.2 Å². The molecule has 112 valence electrons. The zero-order valence-corrected chi connectivity index (χ0v) is 13.5. The van der Waals surface area contributed by atoms with Gasteiger partial charge in [0.05, 0.1) is 5.69 Å². The Morgan fingerprint density at radius 2 is 1.43 bits per heavy atom. The molecule has 21 heavy (non-hydrogen) atoms. The van der Waals surface area contributed by atoms with Gasteiger partial charge in [0.15, 0.2) is 0 Å². The van der Waals surface area contributed by atoms with E-state index in [4.69, 9.17) is 5.73 Å². The third-order valence-electron chi connectivity index (χ3n) is 3.67. The minimum absolute atomic E-state index is 0.115. The van der Waals surface area contributed by atoms with Crippen LogP contribution in [0.25, 0.3) is 0 Å². The lowest BCUT2D eigenvalue weighted by atomic mass is 10.1. The van der Waals surface area contributed by atoms with E-state index in [2.05, 4.69) is 4.72 Å². The Balaban J connectivity index is 2.43. The molecule has 0 unspecified atom stereocenters. The van der Waals surface area contributed by atoms with Crippen molar-refractivity contribution in [2.75, 3.05) is 10.5 Å². The third kappa shape index (κ3) is 3.19. The van der Waals surface area contributed by atoms with E-state index in [-0.39, 0.29) is 10.6 Å². The first kappa shape index (κ1) is 15.4. The molecular weight excluding hydrogens is 284 g/mol. The molecule has 2 aromatic rings. The molecule has 3 N–H and O–H groups in total. The molecule has 0 bridgehead atoms. The second-order valence-corrected chi connectivity index (χ2v) is 7.03. The molecule has 0 aliphatic heterocycles. The second kappa shape index (κ2) is 5.41. The van der Waals surface area contributed by atoms with Gasteiger partial charge >= 0.3 is 0 Å². The molecule has 2 rings (SSSR count). The largest absolute Gasteiger partial charge is 0.398 e. The topological polar surface area (TPSA) is 72.2 Å². The highest BCUT2D eigenvalue weighted by molar-refractivity contribution is 7.92. The predicted molar refractivity (Wildman–Crippen MR) is 87.1 cm³/mol. The van der Waals surface area contributed by atoms with Gasteiger partial charge in [-0.15, -0.1) is 0 Å². The highest BCUT2D eigenvalue weighted by atomic mass is 32.2. The summed E-state index contributed by atoms with van der Waals surface area (Å²) in [7, 11) is -3.69. The van der Waals surface area contributed by atoms with E-state index in [0.29, 0.717) is 5.69 Å². The van der Waals surface area contributed by atoms with Gasteiger partial charge in [-0.1, -0.05) is 6.07 Å². The molecule has 0 amide bonds. The van der Waals surface area contributed by atoms with Crippen molar-refractivity contribution < 1.29 is 8.42 Å². The van der Waals surface area contributed by atoms with Gasteiger partial charge in [-0.3, -0.25) is 4.72 Å². The average molecular weight is 304 g/mol. The Morgan fingerprint density at radius 3 is 2.05 bits per heavy atom. The number of hydrogen-bond acceptors (Lipinski definition) is 3. The fraction of sp³-hybridized carbons (Fsp3) is 0.250. The molecule has 0 aliphatic rings. The van der Waals surface area contributed by atoms with E-state index in [1.165, 1.54) is 0 Å². The zero-order chi connectivity index (χ0) is 15.8. The molecule has 0 aliphatic carbocycles. The lowest BCUT2D eigenvalue weighted by Crippen LogP contribution is -2.15. The highest BCUT2D eigenvalue weighted by Gasteiger charge is 2.18. The molecule has 2 aromatic carbocycles. The van der Waals surface area contributed by atoms with E-state index >= 15 is 0 Å².